The Hall–Kier alpha value is -2.89. The lowest BCUT2D eigenvalue weighted by Crippen LogP contribution is -2.42. The van der Waals surface area contributed by atoms with Gasteiger partial charge in [0.25, 0.3) is 11.6 Å². The van der Waals surface area contributed by atoms with E-state index in [0.717, 1.165) is 12.1 Å². The minimum Gasteiger partial charge on any atom is -0.350 e. The normalized spacial score (nSPS) is 11.0. The zero-order valence-corrected chi connectivity index (χ0v) is 14.0. The van der Waals surface area contributed by atoms with E-state index in [4.69, 9.17) is 0 Å². The monoisotopic (exact) mass is 327 g/mol. The molecule has 0 unspecified atom stereocenters. The Morgan fingerprint density at radius 2 is 1.83 bits per heavy atom. The molecule has 0 spiro atoms. The lowest BCUT2D eigenvalue weighted by atomic mass is 10.0. The number of nitro groups is 1. The molecular formula is C18H21N3O3. The Morgan fingerprint density at radius 3 is 2.42 bits per heavy atom. The van der Waals surface area contributed by atoms with Crippen molar-refractivity contribution in [1.82, 2.24) is 5.32 Å². The van der Waals surface area contributed by atoms with Crippen LogP contribution in [0.5, 0.6) is 0 Å². The van der Waals surface area contributed by atoms with Crippen LogP contribution in [0.3, 0.4) is 0 Å². The topological polar surface area (TPSA) is 84.3 Å². The second-order valence-electron chi connectivity index (χ2n) is 6.17. The highest BCUT2D eigenvalue weighted by atomic mass is 16.6. The molecule has 0 fully saturated rings. The number of hydrogen-bond donors (Lipinski definition) is 2. The van der Waals surface area contributed by atoms with Gasteiger partial charge in [0, 0.05) is 22.9 Å². The van der Waals surface area contributed by atoms with Gasteiger partial charge in [-0.2, -0.15) is 0 Å². The van der Waals surface area contributed by atoms with Crippen molar-refractivity contribution < 1.29 is 9.72 Å². The third-order valence-electron chi connectivity index (χ3n) is 3.85. The molecule has 0 radical (unpaired) electrons. The fourth-order valence-electron chi connectivity index (χ4n) is 2.07. The molecule has 0 aliphatic carbocycles. The molecule has 0 saturated heterocycles. The molecule has 0 heterocycles. The highest BCUT2D eigenvalue weighted by Gasteiger charge is 2.22. The molecule has 2 N–H and O–H groups in total. The molecule has 1 amide bonds. The van der Waals surface area contributed by atoms with E-state index in [1.165, 1.54) is 6.07 Å². The molecule has 0 aliphatic heterocycles. The molecule has 126 valence electrons. The van der Waals surface area contributed by atoms with E-state index >= 15 is 0 Å². The molecule has 6 heteroatoms. The molecule has 6 nitrogen and oxygen atoms in total. The smallest absolute Gasteiger partial charge is 0.293 e. The molecule has 0 bridgehead atoms. The molecule has 2 rings (SSSR count). The first-order valence-corrected chi connectivity index (χ1v) is 7.75. The summed E-state index contributed by atoms with van der Waals surface area (Å²) in [5, 5.41) is 17.2. The van der Waals surface area contributed by atoms with Crippen molar-refractivity contribution in [3.8, 4) is 0 Å². The van der Waals surface area contributed by atoms with Gasteiger partial charge in [0.2, 0.25) is 0 Å². The summed E-state index contributed by atoms with van der Waals surface area (Å²) in [6.07, 6.45) is 0.758. The van der Waals surface area contributed by atoms with Crippen LogP contribution in [0.25, 0.3) is 0 Å². The molecule has 2 aromatic carbocycles. The van der Waals surface area contributed by atoms with Gasteiger partial charge in [-0.15, -0.1) is 0 Å². The number of anilines is 2. The second-order valence-corrected chi connectivity index (χ2v) is 6.17. The van der Waals surface area contributed by atoms with Crippen LogP contribution < -0.4 is 10.6 Å². The lowest BCUT2D eigenvalue weighted by Gasteiger charge is -2.24. The van der Waals surface area contributed by atoms with E-state index in [0.29, 0.717) is 5.69 Å². The van der Waals surface area contributed by atoms with Gasteiger partial charge in [0.05, 0.1) is 4.92 Å². The summed E-state index contributed by atoms with van der Waals surface area (Å²) in [6, 6.07) is 13.6. The van der Waals surface area contributed by atoms with E-state index in [9.17, 15) is 14.9 Å². The number of carbonyl (C=O) groups is 1. The second kappa shape index (κ2) is 7.12. The Kier molecular flexibility index (Phi) is 5.18. The average molecular weight is 327 g/mol. The number of rotatable bonds is 6. The first kappa shape index (κ1) is 17.5. The molecular weight excluding hydrogens is 306 g/mol. The minimum absolute atomic E-state index is 0.138. The van der Waals surface area contributed by atoms with Gasteiger partial charge in [0.1, 0.15) is 5.69 Å². The summed E-state index contributed by atoms with van der Waals surface area (Å²) in [4.78, 5) is 23.2. The van der Waals surface area contributed by atoms with Crippen LogP contribution in [0.4, 0.5) is 17.1 Å². The number of nitrogens with zero attached hydrogens (tertiary/aromatic N) is 1. The average Bonchev–Trinajstić information content (AvgIpc) is 2.55. The van der Waals surface area contributed by atoms with Crippen LogP contribution in [0, 0.1) is 10.1 Å². The van der Waals surface area contributed by atoms with Gasteiger partial charge in [0.15, 0.2) is 0 Å². The summed E-state index contributed by atoms with van der Waals surface area (Å²) >= 11 is 0. The molecule has 2 aromatic rings. The zero-order chi connectivity index (χ0) is 17.7. The van der Waals surface area contributed by atoms with Crippen molar-refractivity contribution in [3.63, 3.8) is 0 Å². The maximum atomic E-state index is 12.3. The van der Waals surface area contributed by atoms with Crippen molar-refractivity contribution >= 4 is 23.0 Å². The summed E-state index contributed by atoms with van der Waals surface area (Å²) in [6.45, 7) is 5.78. The molecule has 0 aromatic heterocycles. The van der Waals surface area contributed by atoms with Crippen LogP contribution in [-0.2, 0) is 0 Å². The largest absolute Gasteiger partial charge is 0.350 e. The zero-order valence-electron chi connectivity index (χ0n) is 14.0. The van der Waals surface area contributed by atoms with Crippen LogP contribution in [-0.4, -0.2) is 16.4 Å². The SMILES string of the molecule is CCC(C)(C)NC(=O)c1ccc(Nc2ccccc2)c([N+](=O)[O-])c1. The fourth-order valence-corrected chi connectivity index (χ4v) is 2.07. The van der Waals surface area contributed by atoms with E-state index < -0.39 is 4.92 Å². The highest BCUT2D eigenvalue weighted by molar-refractivity contribution is 5.96. The van der Waals surface area contributed by atoms with Gasteiger partial charge >= 0.3 is 0 Å². The Balaban J connectivity index is 2.30. The summed E-state index contributed by atoms with van der Waals surface area (Å²) < 4.78 is 0. The van der Waals surface area contributed by atoms with E-state index in [2.05, 4.69) is 10.6 Å². The highest BCUT2D eigenvalue weighted by Crippen LogP contribution is 2.28. The van der Waals surface area contributed by atoms with Crippen LogP contribution in [0.2, 0.25) is 0 Å². The van der Waals surface area contributed by atoms with E-state index in [1.54, 1.807) is 12.1 Å². The van der Waals surface area contributed by atoms with Crippen molar-refractivity contribution in [3.05, 3.63) is 64.2 Å². The maximum absolute atomic E-state index is 12.3. The minimum atomic E-state index is -0.493. The summed E-state index contributed by atoms with van der Waals surface area (Å²) in [5.74, 6) is -0.323. The van der Waals surface area contributed by atoms with Gasteiger partial charge in [-0.1, -0.05) is 25.1 Å². The quantitative estimate of drug-likeness (QED) is 0.613. The van der Waals surface area contributed by atoms with E-state index in [1.807, 2.05) is 51.1 Å². The number of nitrogens with one attached hydrogen (secondary N) is 2. The predicted octanol–water partition coefficient (Wildman–Crippen LogP) is 4.26. The van der Waals surface area contributed by atoms with Crippen LogP contribution in [0.15, 0.2) is 48.5 Å². The Labute approximate surface area is 141 Å². The first-order chi connectivity index (χ1) is 11.3. The number of para-hydroxylation sites is 1. The number of carbonyl (C=O) groups excluding carboxylic acids is 1. The summed E-state index contributed by atoms with van der Waals surface area (Å²) in [7, 11) is 0. The van der Waals surface area contributed by atoms with Crippen LogP contribution >= 0.6 is 0 Å². The van der Waals surface area contributed by atoms with Crippen molar-refractivity contribution in [2.75, 3.05) is 5.32 Å². The van der Waals surface area contributed by atoms with Gasteiger partial charge in [-0.05, 0) is 44.5 Å². The van der Waals surface area contributed by atoms with Gasteiger partial charge in [-0.3, -0.25) is 14.9 Å². The van der Waals surface area contributed by atoms with Crippen molar-refractivity contribution in [1.29, 1.82) is 0 Å². The number of hydrogen-bond acceptors (Lipinski definition) is 4. The third-order valence-corrected chi connectivity index (χ3v) is 3.85. The van der Waals surface area contributed by atoms with E-state index in [-0.39, 0.29) is 22.7 Å². The van der Waals surface area contributed by atoms with Crippen molar-refractivity contribution in [2.24, 2.45) is 0 Å². The molecule has 0 aliphatic rings. The fraction of sp³-hybridized carbons (Fsp3) is 0.278. The Bertz CT molecular complexity index is 742. The number of nitro benzene ring substituents is 1. The molecule has 24 heavy (non-hydrogen) atoms. The Morgan fingerprint density at radius 1 is 1.17 bits per heavy atom. The van der Waals surface area contributed by atoms with Gasteiger partial charge < -0.3 is 10.6 Å². The number of benzene rings is 2. The maximum Gasteiger partial charge on any atom is 0.293 e. The summed E-state index contributed by atoms with van der Waals surface area (Å²) in [5.41, 5.74) is 0.845. The molecule has 0 saturated carbocycles. The standard InChI is InChI=1S/C18H21N3O3/c1-4-18(2,3)20-17(22)13-10-11-15(16(12-13)21(23)24)19-14-8-6-5-7-9-14/h5-12,19H,4H2,1-3H3,(H,20,22). The third kappa shape index (κ3) is 4.32. The van der Waals surface area contributed by atoms with Crippen LogP contribution in [0.1, 0.15) is 37.6 Å². The van der Waals surface area contributed by atoms with Gasteiger partial charge in [-0.25, -0.2) is 0 Å². The number of amides is 1. The molecule has 0 atom stereocenters. The lowest BCUT2D eigenvalue weighted by molar-refractivity contribution is -0.383. The van der Waals surface area contributed by atoms with Crippen molar-refractivity contribution in [2.45, 2.75) is 32.7 Å². The first-order valence-electron chi connectivity index (χ1n) is 7.75. The predicted molar refractivity (Wildman–Crippen MR) is 94.7 cm³/mol.